The van der Waals surface area contributed by atoms with Gasteiger partial charge in [-0.2, -0.15) is 0 Å². The van der Waals surface area contributed by atoms with Crippen molar-refractivity contribution in [2.75, 3.05) is 0 Å². The monoisotopic (exact) mass is 192 g/mol. The Labute approximate surface area is 86.8 Å². The van der Waals surface area contributed by atoms with Gasteiger partial charge in [0.05, 0.1) is 5.60 Å². The second-order valence-electron chi connectivity index (χ2n) is 4.60. The molecule has 0 radical (unpaired) electrons. The van der Waals surface area contributed by atoms with Crippen LogP contribution in [0, 0.1) is 19.8 Å². The molecule has 1 N–H and O–H groups in total. The van der Waals surface area contributed by atoms with Crippen LogP contribution < -0.4 is 0 Å². The average molecular weight is 192 g/mol. The summed E-state index contributed by atoms with van der Waals surface area (Å²) in [6, 6.07) is 6.17. The number of hydrogen-bond donors (Lipinski definition) is 1. The van der Waals surface area contributed by atoms with Gasteiger partial charge in [-0.15, -0.1) is 0 Å². The minimum absolute atomic E-state index is 0.226. The Morgan fingerprint density at radius 1 is 1.14 bits per heavy atom. The lowest BCUT2D eigenvalue weighted by atomic mass is 9.84. The van der Waals surface area contributed by atoms with Gasteiger partial charge in [-0.1, -0.05) is 32.0 Å². The van der Waals surface area contributed by atoms with Crippen molar-refractivity contribution in [1.29, 1.82) is 0 Å². The van der Waals surface area contributed by atoms with E-state index in [0.717, 1.165) is 5.56 Å². The summed E-state index contributed by atoms with van der Waals surface area (Å²) in [6.45, 7) is 10.1. The van der Waals surface area contributed by atoms with Gasteiger partial charge in [0.25, 0.3) is 0 Å². The van der Waals surface area contributed by atoms with E-state index in [0.29, 0.717) is 0 Å². The molecular formula is C13H20O. The van der Waals surface area contributed by atoms with Crippen LogP contribution in [0.4, 0.5) is 0 Å². The third-order valence-corrected chi connectivity index (χ3v) is 3.22. The highest BCUT2D eigenvalue weighted by Gasteiger charge is 2.27. The van der Waals surface area contributed by atoms with Crippen molar-refractivity contribution in [2.24, 2.45) is 5.92 Å². The van der Waals surface area contributed by atoms with Gasteiger partial charge in [0.1, 0.15) is 0 Å². The predicted molar refractivity (Wildman–Crippen MR) is 60.3 cm³/mol. The summed E-state index contributed by atoms with van der Waals surface area (Å²) in [5.41, 5.74) is 2.80. The summed E-state index contributed by atoms with van der Waals surface area (Å²) < 4.78 is 0. The molecule has 0 aliphatic carbocycles. The Morgan fingerprint density at radius 3 is 2.14 bits per heavy atom. The first-order valence-electron chi connectivity index (χ1n) is 5.16. The van der Waals surface area contributed by atoms with E-state index in [-0.39, 0.29) is 5.92 Å². The molecule has 0 aromatic heterocycles. The fraction of sp³-hybridized carbons (Fsp3) is 0.538. The predicted octanol–water partition coefficient (Wildman–Crippen LogP) is 3.17. The van der Waals surface area contributed by atoms with E-state index in [1.807, 2.05) is 26.8 Å². The first-order valence-corrected chi connectivity index (χ1v) is 5.16. The third kappa shape index (κ3) is 1.98. The van der Waals surface area contributed by atoms with Crippen LogP contribution in [0.2, 0.25) is 0 Å². The molecule has 0 fully saturated rings. The first-order chi connectivity index (χ1) is 6.35. The quantitative estimate of drug-likeness (QED) is 0.763. The lowest BCUT2D eigenvalue weighted by Gasteiger charge is -2.28. The van der Waals surface area contributed by atoms with Crippen molar-refractivity contribution < 1.29 is 5.11 Å². The molecule has 14 heavy (non-hydrogen) atoms. The second kappa shape index (κ2) is 3.74. The SMILES string of the molecule is Cc1ccc(C(C)(O)C(C)C)cc1C. The number of rotatable bonds is 2. The largest absolute Gasteiger partial charge is 0.385 e. The van der Waals surface area contributed by atoms with Crippen LogP contribution in [-0.4, -0.2) is 5.11 Å². The van der Waals surface area contributed by atoms with Crippen molar-refractivity contribution in [3.8, 4) is 0 Å². The van der Waals surface area contributed by atoms with Gasteiger partial charge < -0.3 is 5.11 Å². The van der Waals surface area contributed by atoms with Crippen molar-refractivity contribution in [2.45, 2.75) is 40.2 Å². The minimum Gasteiger partial charge on any atom is -0.385 e. The molecule has 0 aliphatic rings. The van der Waals surface area contributed by atoms with Gasteiger partial charge in [-0.3, -0.25) is 0 Å². The fourth-order valence-corrected chi connectivity index (χ4v) is 1.39. The van der Waals surface area contributed by atoms with Crippen LogP contribution in [-0.2, 0) is 5.60 Å². The molecular weight excluding hydrogens is 172 g/mol. The molecule has 0 bridgehead atoms. The highest BCUT2D eigenvalue weighted by Crippen LogP contribution is 2.29. The molecule has 1 aromatic rings. The number of aliphatic hydroxyl groups is 1. The number of hydrogen-bond acceptors (Lipinski definition) is 1. The zero-order valence-electron chi connectivity index (χ0n) is 9.76. The first kappa shape index (κ1) is 11.3. The summed E-state index contributed by atoms with van der Waals surface area (Å²) in [5.74, 6) is 0.226. The Hall–Kier alpha value is -0.820. The highest BCUT2D eigenvalue weighted by atomic mass is 16.3. The second-order valence-corrected chi connectivity index (χ2v) is 4.60. The van der Waals surface area contributed by atoms with Gasteiger partial charge >= 0.3 is 0 Å². The van der Waals surface area contributed by atoms with E-state index in [1.54, 1.807) is 0 Å². The zero-order valence-corrected chi connectivity index (χ0v) is 9.76. The summed E-state index contributed by atoms with van der Waals surface area (Å²) in [7, 11) is 0. The van der Waals surface area contributed by atoms with E-state index in [9.17, 15) is 5.11 Å². The molecule has 1 unspecified atom stereocenters. The Balaban J connectivity index is 3.14. The third-order valence-electron chi connectivity index (χ3n) is 3.22. The lowest BCUT2D eigenvalue weighted by molar-refractivity contribution is 0.00899. The van der Waals surface area contributed by atoms with Crippen molar-refractivity contribution in [3.05, 3.63) is 34.9 Å². The summed E-state index contributed by atoms with van der Waals surface area (Å²) in [5, 5.41) is 10.3. The normalized spacial score (nSPS) is 15.6. The van der Waals surface area contributed by atoms with Gasteiger partial charge in [0.2, 0.25) is 0 Å². The molecule has 1 nitrogen and oxygen atoms in total. The maximum absolute atomic E-state index is 10.3. The fourth-order valence-electron chi connectivity index (χ4n) is 1.39. The van der Waals surface area contributed by atoms with E-state index < -0.39 is 5.60 Å². The van der Waals surface area contributed by atoms with Crippen LogP contribution in [0.1, 0.15) is 37.5 Å². The summed E-state index contributed by atoms with van der Waals surface area (Å²) in [6.07, 6.45) is 0. The molecule has 78 valence electrons. The Morgan fingerprint density at radius 2 is 1.71 bits per heavy atom. The molecule has 0 amide bonds. The zero-order chi connectivity index (χ0) is 10.9. The number of benzene rings is 1. The van der Waals surface area contributed by atoms with Gasteiger partial charge in [0.15, 0.2) is 0 Å². The highest BCUT2D eigenvalue weighted by molar-refractivity contribution is 5.33. The van der Waals surface area contributed by atoms with E-state index in [1.165, 1.54) is 11.1 Å². The molecule has 1 rings (SSSR count). The molecule has 0 heterocycles. The van der Waals surface area contributed by atoms with Crippen LogP contribution in [0.3, 0.4) is 0 Å². The van der Waals surface area contributed by atoms with Crippen LogP contribution in [0.25, 0.3) is 0 Å². The molecule has 1 heteroatoms. The summed E-state index contributed by atoms with van der Waals surface area (Å²) in [4.78, 5) is 0. The minimum atomic E-state index is -0.724. The molecule has 0 spiro atoms. The maximum Gasteiger partial charge on any atom is 0.0891 e. The van der Waals surface area contributed by atoms with E-state index in [4.69, 9.17) is 0 Å². The number of aryl methyl sites for hydroxylation is 2. The van der Waals surface area contributed by atoms with Gasteiger partial charge in [-0.05, 0) is 43.4 Å². The Bertz CT molecular complexity index is 324. The van der Waals surface area contributed by atoms with Crippen molar-refractivity contribution in [1.82, 2.24) is 0 Å². The maximum atomic E-state index is 10.3. The van der Waals surface area contributed by atoms with Gasteiger partial charge in [0, 0.05) is 0 Å². The molecule has 0 aliphatic heterocycles. The lowest BCUT2D eigenvalue weighted by Crippen LogP contribution is -2.27. The average Bonchev–Trinajstić information content (AvgIpc) is 2.09. The topological polar surface area (TPSA) is 20.2 Å². The van der Waals surface area contributed by atoms with Crippen molar-refractivity contribution in [3.63, 3.8) is 0 Å². The van der Waals surface area contributed by atoms with Crippen LogP contribution >= 0.6 is 0 Å². The molecule has 1 atom stereocenters. The van der Waals surface area contributed by atoms with Crippen LogP contribution in [0.15, 0.2) is 18.2 Å². The summed E-state index contributed by atoms with van der Waals surface area (Å²) >= 11 is 0. The smallest absolute Gasteiger partial charge is 0.0891 e. The molecule has 1 aromatic carbocycles. The van der Waals surface area contributed by atoms with Crippen LogP contribution in [0.5, 0.6) is 0 Å². The van der Waals surface area contributed by atoms with Crippen molar-refractivity contribution >= 4 is 0 Å². The van der Waals surface area contributed by atoms with E-state index in [2.05, 4.69) is 26.0 Å². The Kier molecular flexibility index (Phi) is 3.01. The van der Waals surface area contributed by atoms with E-state index >= 15 is 0 Å². The molecule has 0 saturated heterocycles. The molecule has 0 saturated carbocycles. The van der Waals surface area contributed by atoms with Gasteiger partial charge in [-0.25, -0.2) is 0 Å². The standard InChI is InChI=1S/C13H20O/c1-9(2)13(5,14)12-7-6-10(3)11(4)8-12/h6-9,14H,1-5H3.